The second-order valence-corrected chi connectivity index (χ2v) is 15.1. The van der Waals surface area contributed by atoms with Crippen LogP contribution in [0.3, 0.4) is 0 Å². The van der Waals surface area contributed by atoms with Crippen molar-refractivity contribution in [2.45, 2.75) is 88.4 Å². The summed E-state index contributed by atoms with van der Waals surface area (Å²) in [5.41, 5.74) is -0.159. The SMILES string of the molecule is CC1(C)CC2CN1c1nc(-n3ccc(OCCC(C4CC4)C4CC4)n3)ccc1C(=O)NS(=O)(=O)c1ccn(n1)CCCCN2. The largest absolute Gasteiger partial charge is 0.477 e. The Morgan fingerprint density at radius 2 is 1.84 bits per heavy atom. The number of ether oxygens (including phenoxy) is 1. The van der Waals surface area contributed by atoms with Gasteiger partial charge in [0.15, 0.2) is 10.8 Å². The Kier molecular flexibility index (Phi) is 7.64. The number of nitrogens with zero attached hydrogens (tertiary/aromatic N) is 6. The van der Waals surface area contributed by atoms with Gasteiger partial charge >= 0.3 is 0 Å². The van der Waals surface area contributed by atoms with E-state index in [4.69, 9.17) is 9.72 Å². The first-order chi connectivity index (χ1) is 21.2. The maximum absolute atomic E-state index is 13.6. The van der Waals surface area contributed by atoms with E-state index in [0.29, 0.717) is 37.2 Å². The zero-order valence-corrected chi connectivity index (χ0v) is 26.3. The highest BCUT2D eigenvalue weighted by molar-refractivity contribution is 7.90. The molecule has 236 valence electrons. The molecule has 5 heterocycles. The normalized spacial score (nSPS) is 23.4. The topological polar surface area (TPSA) is 136 Å². The van der Waals surface area contributed by atoms with Crippen molar-refractivity contribution >= 4 is 21.7 Å². The first kappa shape index (κ1) is 29.3. The van der Waals surface area contributed by atoms with Crippen LogP contribution in [-0.2, 0) is 16.6 Å². The molecule has 0 radical (unpaired) electrons. The van der Waals surface area contributed by atoms with E-state index in [0.717, 1.165) is 50.0 Å². The minimum atomic E-state index is -4.18. The van der Waals surface area contributed by atoms with Crippen molar-refractivity contribution < 1.29 is 17.9 Å². The minimum Gasteiger partial charge on any atom is -0.477 e. The molecule has 7 rings (SSSR count). The number of fused-ring (bicyclic) bond motifs is 6. The Morgan fingerprint density at radius 1 is 1.05 bits per heavy atom. The van der Waals surface area contributed by atoms with E-state index >= 15 is 0 Å². The van der Waals surface area contributed by atoms with Crippen LogP contribution in [0.15, 0.2) is 41.7 Å². The Balaban J connectivity index is 1.16. The standard InChI is InChI=1S/C31H42N8O4S/c1-31(2)19-23-20-38(31)29-25(30(40)36-44(41,42)28-12-16-37(35-28)15-4-3-14-32-23)9-10-26(33-29)39-17-11-27(34-39)43-18-13-24(21-5-6-21)22-7-8-22/h9-12,16-17,21-24,32H,3-8,13-15,18-20H2,1-2H3,(H,36,40). The summed E-state index contributed by atoms with van der Waals surface area (Å²) < 4.78 is 37.8. The summed E-state index contributed by atoms with van der Waals surface area (Å²) in [5, 5.41) is 12.3. The second-order valence-electron chi connectivity index (χ2n) is 13.5. The number of rotatable bonds is 7. The monoisotopic (exact) mass is 622 g/mol. The first-order valence-electron chi connectivity index (χ1n) is 16.0. The maximum Gasteiger partial charge on any atom is 0.283 e. The average molecular weight is 623 g/mol. The molecular formula is C31H42N8O4S. The minimum absolute atomic E-state index is 0.174. The molecule has 2 aliphatic heterocycles. The van der Waals surface area contributed by atoms with Crippen molar-refractivity contribution in [3.63, 3.8) is 0 Å². The Morgan fingerprint density at radius 3 is 2.61 bits per heavy atom. The molecule has 13 heteroatoms. The highest BCUT2D eigenvalue weighted by atomic mass is 32.2. The van der Waals surface area contributed by atoms with Crippen LogP contribution in [0.1, 0.15) is 75.6 Å². The van der Waals surface area contributed by atoms with Gasteiger partial charge in [-0.3, -0.25) is 9.48 Å². The molecule has 4 bridgehead atoms. The predicted octanol–water partition coefficient (Wildman–Crippen LogP) is 3.53. The van der Waals surface area contributed by atoms with E-state index in [1.807, 2.05) is 6.07 Å². The van der Waals surface area contributed by atoms with Gasteiger partial charge in [0.2, 0.25) is 5.88 Å². The van der Waals surface area contributed by atoms with Crippen LogP contribution in [-0.4, -0.2) is 70.1 Å². The van der Waals surface area contributed by atoms with Crippen molar-refractivity contribution in [1.29, 1.82) is 0 Å². The molecule has 1 amide bonds. The number of hydrogen-bond donors (Lipinski definition) is 2. The van der Waals surface area contributed by atoms with Crippen LogP contribution >= 0.6 is 0 Å². The fourth-order valence-electron chi connectivity index (χ4n) is 6.97. The Hall–Kier alpha value is -3.45. The third kappa shape index (κ3) is 6.21. The van der Waals surface area contributed by atoms with Crippen molar-refractivity contribution in [2.75, 3.05) is 24.6 Å². The number of carbonyl (C=O) groups is 1. The molecule has 1 atom stereocenters. The van der Waals surface area contributed by atoms with Crippen LogP contribution in [0.25, 0.3) is 5.82 Å². The molecule has 0 spiro atoms. The van der Waals surface area contributed by atoms with E-state index < -0.39 is 15.9 Å². The van der Waals surface area contributed by atoms with Crippen molar-refractivity contribution in [3.8, 4) is 11.7 Å². The molecule has 44 heavy (non-hydrogen) atoms. The lowest BCUT2D eigenvalue weighted by atomic mass is 9.95. The van der Waals surface area contributed by atoms with Gasteiger partial charge < -0.3 is 15.0 Å². The number of aromatic nitrogens is 5. The predicted molar refractivity (Wildman–Crippen MR) is 164 cm³/mol. The molecule has 1 saturated heterocycles. The Bertz CT molecular complexity index is 1610. The van der Waals surface area contributed by atoms with Gasteiger partial charge in [-0.2, -0.15) is 13.5 Å². The molecular weight excluding hydrogens is 580 g/mol. The lowest BCUT2D eigenvalue weighted by Crippen LogP contribution is -2.41. The molecule has 3 aromatic heterocycles. The van der Waals surface area contributed by atoms with Crippen molar-refractivity contribution in [3.05, 3.63) is 42.2 Å². The third-order valence-electron chi connectivity index (χ3n) is 9.56. The van der Waals surface area contributed by atoms with Crippen LogP contribution in [0.4, 0.5) is 5.82 Å². The zero-order valence-electron chi connectivity index (χ0n) is 25.5. The lowest BCUT2D eigenvalue weighted by molar-refractivity contribution is 0.0981. The van der Waals surface area contributed by atoms with Crippen LogP contribution in [0.5, 0.6) is 5.88 Å². The maximum atomic E-state index is 13.6. The van der Waals surface area contributed by atoms with Crippen LogP contribution in [0, 0.1) is 17.8 Å². The molecule has 0 aromatic carbocycles. The summed E-state index contributed by atoms with van der Waals surface area (Å²) in [6, 6.07) is 6.75. The summed E-state index contributed by atoms with van der Waals surface area (Å²) >= 11 is 0. The molecule has 3 aromatic rings. The van der Waals surface area contributed by atoms with E-state index in [-0.39, 0.29) is 22.2 Å². The average Bonchev–Trinajstić information content (AvgIpc) is 3.88. The van der Waals surface area contributed by atoms with E-state index in [1.165, 1.54) is 31.7 Å². The fourth-order valence-corrected chi connectivity index (χ4v) is 7.88. The summed E-state index contributed by atoms with van der Waals surface area (Å²) in [5.74, 6) is 3.27. The molecule has 3 fully saturated rings. The van der Waals surface area contributed by atoms with Gasteiger partial charge in [-0.15, -0.1) is 5.10 Å². The molecule has 4 aliphatic rings. The molecule has 12 nitrogen and oxygen atoms in total. The number of anilines is 1. The highest BCUT2D eigenvalue weighted by Crippen LogP contribution is 2.50. The fraction of sp³-hybridized carbons (Fsp3) is 0.613. The number of carbonyl (C=O) groups excluding carboxylic acids is 1. The number of pyridine rings is 1. The molecule has 1 unspecified atom stereocenters. The third-order valence-corrected chi connectivity index (χ3v) is 10.8. The quantitative estimate of drug-likeness (QED) is 0.406. The van der Waals surface area contributed by atoms with Gasteiger partial charge in [0.25, 0.3) is 15.9 Å². The van der Waals surface area contributed by atoms with Gasteiger partial charge in [0.05, 0.1) is 12.2 Å². The van der Waals surface area contributed by atoms with Gasteiger partial charge in [0, 0.05) is 43.1 Å². The van der Waals surface area contributed by atoms with Gasteiger partial charge in [-0.05, 0) is 108 Å². The molecule has 2 aliphatic carbocycles. The van der Waals surface area contributed by atoms with Crippen LogP contribution < -0.4 is 19.7 Å². The summed E-state index contributed by atoms with van der Waals surface area (Å²) in [6.07, 6.45) is 12.6. The van der Waals surface area contributed by atoms with E-state index in [2.05, 4.69) is 39.0 Å². The second kappa shape index (κ2) is 11.5. The van der Waals surface area contributed by atoms with Crippen LogP contribution in [0.2, 0.25) is 0 Å². The zero-order chi connectivity index (χ0) is 30.5. The van der Waals surface area contributed by atoms with Gasteiger partial charge in [0.1, 0.15) is 5.82 Å². The molecule has 2 saturated carbocycles. The van der Waals surface area contributed by atoms with Crippen molar-refractivity contribution in [2.24, 2.45) is 17.8 Å². The smallest absolute Gasteiger partial charge is 0.283 e. The van der Waals surface area contributed by atoms with Gasteiger partial charge in [-0.1, -0.05) is 0 Å². The first-order valence-corrected chi connectivity index (χ1v) is 17.5. The summed E-state index contributed by atoms with van der Waals surface area (Å²) in [6.45, 7) is 6.96. The highest BCUT2D eigenvalue weighted by Gasteiger charge is 2.42. The van der Waals surface area contributed by atoms with Crippen molar-refractivity contribution in [1.82, 2.24) is 34.6 Å². The summed E-state index contributed by atoms with van der Waals surface area (Å²) in [4.78, 5) is 20.6. The molecule has 2 N–H and O–H groups in total. The number of nitrogens with one attached hydrogen (secondary N) is 2. The number of hydrogen-bond acceptors (Lipinski definition) is 9. The number of amides is 1. The number of sulfonamides is 1. The number of aryl methyl sites for hydroxylation is 1. The summed E-state index contributed by atoms with van der Waals surface area (Å²) in [7, 11) is -4.18. The Labute approximate surface area is 258 Å². The van der Waals surface area contributed by atoms with E-state index in [1.54, 1.807) is 33.9 Å². The van der Waals surface area contributed by atoms with E-state index in [9.17, 15) is 13.2 Å². The van der Waals surface area contributed by atoms with Gasteiger partial charge in [-0.25, -0.2) is 14.4 Å². The lowest BCUT2D eigenvalue weighted by Gasteiger charge is -2.33.